The highest BCUT2D eigenvalue weighted by atomic mass is 19.4. The van der Waals surface area contributed by atoms with Gasteiger partial charge in [0.05, 0.1) is 17.2 Å². The Balaban J connectivity index is 0.000000356. The van der Waals surface area contributed by atoms with Gasteiger partial charge >= 0.3 is 12.1 Å². The number of nitrogens with zero attached hydrogens (tertiary/aromatic N) is 2. The Labute approximate surface area is 202 Å². The lowest BCUT2D eigenvalue weighted by molar-refractivity contribution is -0.149. The lowest BCUT2D eigenvalue weighted by Crippen LogP contribution is -2.48. The number of hydrogen-bond acceptors (Lipinski definition) is 6. The van der Waals surface area contributed by atoms with Gasteiger partial charge in [-0.2, -0.15) is 13.2 Å². The summed E-state index contributed by atoms with van der Waals surface area (Å²) in [7, 11) is 0. The van der Waals surface area contributed by atoms with Gasteiger partial charge in [0.25, 0.3) is 5.91 Å². The molecule has 1 aromatic heterocycles. The number of aliphatic hydroxyl groups excluding tert-OH is 1. The molecule has 10 heteroatoms. The summed E-state index contributed by atoms with van der Waals surface area (Å²) in [5.74, 6) is -0.836. The Kier molecular flexibility index (Phi) is 7.51. The van der Waals surface area contributed by atoms with Crippen molar-refractivity contribution in [3.8, 4) is 0 Å². The van der Waals surface area contributed by atoms with Crippen molar-refractivity contribution in [2.24, 2.45) is 0 Å². The van der Waals surface area contributed by atoms with E-state index in [4.69, 9.17) is 9.84 Å². The van der Waals surface area contributed by atoms with Crippen LogP contribution in [0.2, 0.25) is 0 Å². The second kappa shape index (κ2) is 10.3. The van der Waals surface area contributed by atoms with Gasteiger partial charge in [0.2, 0.25) is 0 Å². The highest BCUT2D eigenvalue weighted by molar-refractivity contribution is 6.07. The van der Waals surface area contributed by atoms with Crippen LogP contribution in [0, 0.1) is 0 Å². The van der Waals surface area contributed by atoms with Gasteiger partial charge in [-0.15, -0.1) is 0 Å². The van der Waals surface area contributed by atoms with Crippen LogP contribution in [0.3, 0.4) is 0 Å². The predicted molar refractivity (Wildman–Crippen MR) is 121 cm³/mol. The number of aliphatic hydroxyl groups is 1. The molecular formula is C25H32F3N3O4. The van der Waals surface area contributed by atoms with Gasteiger partial charge in [-0.1, -0.05) is 19.3 Å². The molecule has 1 saturated carbocycles. The zero-order chi connectivity index (χ0) is 25.2. The van der Waals surface area contributed by atoms with E-state index in [1.165, 1.54) is 24.2 Å². The quantitative estimate of drug-likeness (QED) is 0.581. The van der Waals surface area contributed by atoms with Crippen molar-refractivity contribution < 1.29 is 32.6 Å². The molecule has 1 amide bonds. The monoisotopic (exact) mass is 495 g/mol. The summed E-state index contributed by atoms with van der Waals surface area (Å²) in [6.45, 7) is 3.19. The van der Waals surface area contributed by atoms with Crippen LogP contribution in [0.1, 0.15) is 68.7 Å². The average Bonchev–Trinajstić information content (AvgIpc) is 3.07. The molecule has 3 aliphatic heterocycles. The summed E-state index contributed by atoms with van der Waals surface area (Å²) < 4.78 is 44.6. The van der Waals surface area contributed by atoms with E-state index in [0.29, 0.717) is 61.3 Å². The number of amides is 1. The first kappa shape index (κ1) is 25.6. The van der Waals surface area contributed by atoms with Crippen LogP contribution in [0.25, 0.3) is 0 Å². The minimum absolute atomic E-state index is 0.0321. The first-order valence-electron chi connectivity index (χ1n) is 12.3. The number of rotatable bonds is 1. The Hall–Kier alpha value is -2.46. The van der Waals surface area contributed by atoms with Crippen molar-refractivity contribution in [3.05, 3.63) is 40.2 Å². The van der Waals surface area contributed by atoms with Gasteiger partial charge in [0, 0.05) is 49.8 Å². The normalized spacial score (nSPS) is 22.4. The molecular weight excluding hydrogens is 463 g/mol. The molecule has 1 saturated heterocycles. The minimum atomic E-state index is -4.49. The molecule has 1 aliphatic carbocycles. The molecule has 0 atom stereocenters. The highest BCUT2D eigenvalue weighted by Gasteiger charge is 2.51. The van der Waals surface area contributed by atoms with Crippen molar-refractivity contribution in [1.29, 1.82) is 0 Å². The van der Waals surface area contributed by atoms with Gasteiger partial charge in [0.1, 0.15) is 5.60 Å². The van der Waals surface area contributed by atoms with Crippen LogP contribution in [-0.2, 0) is 33.5 Å². The fourth-order valence-corrected chi connectivity index (χ4v) is 5.28. The number of nitrogens with one attached hydrogen (secondary N) is 1. The summed E-state index contributed by atoms with van der Waals surface area (Å²) in [5, 5.41) is 12.1. The van der Waals surface area contributed by atoms with E-state index in [9.17, 15) is 22.8 Å². The summed E-state index contributed by atoms with van der Waals surface area (Å²) >= 11 is 0. The number of piperidine rings is 1. The van der Waals surface area contributed by atoms with Crippen LogP contribution in [0.4, 0.5) is 13.2 Å². The van der Waals surface area contributed by atoms with E-state index < -0.39 is 23.3 Å². The van der Waals surface area contributed by atoms with Gasteiger partial charge in [-0.25, -0.2) is 4.79 Å². The highest BCUT2D eigenvalue weighted by Crippen LogP contribution is 2.41. The number of carbonyl (C=O) groups is 2. The molecule has 0 radical (unpaired) electrons. The number of fused-ring (bicyclic) bond motifs is 1. The Morgan fingerprint density at radius 3 is 2.51 bits per heavy atom. The molecule has 7 nitrogen and oxygen atoms in total. The molecule has 2 N–H and O–H groups in total. The summed E-state index contributed by atoms with van der Waals surface area (Å²) in [6.07, 6.45) is 3.64. The van der Waals surface area contributed by atoms with Gasteiger partial charge in [-0.05, 0) is 44.5 Å². The van der Waals surface area contributed by atoms with Crippen molar-refractivity contribution in [2.45, 2.75) is 82.7 Å². The molecule has 192 valence electrons. The summed E-state index contributed by atoms with van der Waals surface area (Å²) in [4.78, 5) is 30.9. The first-order chi connectivity index (χ1) is 16.6. The second-order valence-electron chi connectivity index (χ2n) is 9.73. The fraction of sp³-hybridized carbons (Fsp3) is 0.640. The SMILES string of the molecule is CC1=C(C(=O)N2CCc3ncc(C(F)(F)F)cc3C2)C2(CCNCC2)OC1=O.OC1CCCCC1. The third kappa shape index (κ3) is 5.53. The van der Waals surface area contributed by atoms with Crippen molar-refractivity contribution in [2.75, 3.05) is 19.6 Å². The fourth-order valence-electron chi connectivity index (χ4n) is 5.28. The van der Waals surface area contributed by atoms with Crippen LogP contribution in [0.5, 0.6) is 0 Å². The van der Waals surface area contributed by atoms with Crippen LogP contribution in [-0.4, -0.2) is 58.2 Å². The number of carbonyl (C=O) groups excluding carboxylic acids is 2. The molecule has 0 aromatic carbocycles. The van der Waals surface area contributed by atoms with Gasteiger partial charge < -0.3 is 20.1 Å². The molecule has 0 unspecified atom stereocenters. The van der Waals surface area contributed by atoms with E-state index in [2.05, 4.69) is 10.3 Å². The van der Waals surface area contributed by atoms with E-state index in [1.807, 2.05) is 0 Å². The maximum absolute atomic E-state index is 13.3. The number of alkyl halides is 3. The third-order valence-corrected chi connectivity index (χ3v) is 7.28. The van der Waals surface area contributed by atoms with Crippen LogP contribution < -0.4 is 5.32 Å². The number of ether oxygens (including phenoxy) is 1. The van der Waals surface area contributed by atoms with Crippen LogP contribution >= 0.6 is 0 Å². The third-order valence-electron chi connectivity index (χ3n) is 7.28. The van der Waals surface area contributed by atoms with Gasteiger partial charge in [-0.3, -0.25) is 9.78 Å². The standard InChI is InChI=1S/C19H20F3N3O3.C6H12O/c1-11-15(18(28-17(11)27)3-5-23-6-4-18)16(26)25-7-2-14-12(10-25)8-13(9-24-14)19(20,21)22;7-6-4-2-1-3-5-6/h8-9,23H,2-7,10H2,1H3;6-7H,1-5H2. The minimum Gasteiger partial charge on any atom is -0.450 e. The Bertz CT molecular complexity index is 996. The van der Waals surface area contributed by atoms with Crippen molar-refractivity contribution in [1.82, 2.24) is 15.2 Å². The number of aromatic nitrogens is 1. The number of hydrogen-bond donors (Lipinski definition) is 2. The molecule has 35 heavy (non-hydrogen) atoms. The van der Waals surface area contributed by atoms with Crippen LogP contribution in [0.15, 0.2) is 23.4 Å². The van der Waals surface area contributed by atoms with E-state index in [1.54, 1.807) is 6.92 Å². The zero-order valence-electron chi connectivity index (χ0n) is 19.9. The lowest BCUT2D eigenvalue weighted by atomic mass is 9.83. The molecule has 4 heterocycles. The van der Waals surface area contributed by atoms with E-state index in [-0.39, 0.29) is 18.6 Å². The second-order valence-corrected chi connectivity index (χ2v) is 9.73. The van der Waals surface area contributed by atoms with E-state index in [0.717, 1.165) is 25.1 Å². The summed E-state index contributed by atoms with van der Waals surface area (Å²) in [6, 6.07) is 1.06. The largest absolute Gasteiger partial charge is 0.450 e. The van der Waals surface area contributed by atoms with E-state index >= 15 is 0 Å². The van der Waals surface area contributed by atoms with Crippen molar-refractivity contribution >= 4 is 11.9 Å². The number of halogens is 3. The number of esters is 1. The number of pyridine rings is 1. The Morgan fingerprint density at radius 2 is 1.91 bits per heavy atom. The molecule has 4 aliphatic rings. The molecule has 1 aromatic rings. The molecule has 5 rings (SSSR count). The lowest BCUT2D eigenvalue weighted by Gasteiger charge is -2.37. The maximum Gasteiger partial charge on any atom is 0.417 e. The molecule has 0 bridgehead atoms. The Morgan fingerprint density at radius 1 is 1.23 bits per heavy atom. The molecule has 2 fully saturated rings. The maximum atomic E-state index is 13.3. The first-order valence-corrected chi connectivity index (χ1v) is 12.3. The zero-order valence-corrected chi connectivity index (χ0v) is 19.9. The topological polar surface area (TPSA) is 91.8 Å². The predicted octanol–water partition coefficient (Wildman–Crippen LogP) is 3.29. The van der Waals surface area contributed by atoms with Crippen molar-refractivity contribution in [3.63, 3.8) is 0 Å². The smallest absolute Gasteiger partial charge is 0.417 e. The average molecular weight is 496 g/mol. The van der Waals surface area contributed by atoms with Gasteiger partial charge in [0.15, 0.2) is 0 Å². The molecule has 1 spiro atoms. The summed E-state index contributed by atoms with van der Waals surface area (Å²) in [5.41, 5.74) is -0.168.